The third-order valence-corrected chi connectivity index (χ3v) is 1.93. The Morgan fingerprint density at radius 1 is 1.00 bits per heavy atom. The van der Waals surface area contributed by atoms with Crippen LogP contribution in [0.1, 0.15) is 18.1 Å². The average Bonchev–Trinajstić information content (AvgIpc) is 2.05. The van der Waals surface area contributed by atoms with Crippen molar-refractivity contribution in [2.45, 2.75) is 19.9 Å². The zero-order valence-corrected chi connectivity index (χ0v) is 9.40. The van der Waals surface area contributed by atoms with Crippen LogP contribution in [0.3, 0.4) is 0 Å². The molecule has 0 saturated heterocycles. The maximum atomic E-state index is 2.21. The fourth-order valence-electron chi connectivity index (χ4n) is 1.25. The van der Waals surface area contributed by atoms with Crippen molar-refractivity contribution in [1.29, 1.82) is 0 Å². The third kappa shape index (κ3) is 4.30. The lowest BCUT2D eigenvalue weighted by molar-refractivity contribution is 0.402. The van der Waals surface area contributed by atoms with Gasteiger partial charge in [0.25, 0.3) is 0 Å². The molecule has 0 unspecified atom stereocenters. The van der Waals surface area contributed by atoms with Crippen LogP contribution in [-0.4, -0.2) is 19.0 Å². The van der Waals surface area contributed by atoms with Crippen LogP contribution in [0.4, 0.5) is 0 Å². The van der Waals surface area contributed by atoms with Crippen molar-refractivity contribution >= 4 is 12.4 Å². The van der Waals surface area contributed by atoms with Gasteiger partial charge in [0.05, 0.1) is 0 Å². The van der Waals surface area contributed by atoms with E-state index in [4.69, 9.17) is 0 Å². The maximum absolute atomic E-state index is 2.21. The van der Waals surface area contributed by atoms with E-state index < -0.39 is 0 Å². The summed E-state index contributed by atoms with van der Waals surface area (Å²) in [5.74, 6) is 0. The standard InChI is InChI=1S/C11H17N.ClH/c1-4-10-5-7-11(8-6-10)9-12(2)3;/h5-8H,4,9H2,1-3H3;1H. The van der Waals surface area contributed by atoms with Crippen molar-refractivity contribution in [3.8, 4) is 0 Å². The third-order valence-electron chi connectivity index (χ3n) is 1.93. The molecule has 0 saturated carbocycles. The van der Waals surface area contributed by atoms with E-state index in [1.165, 1.54) is 11.1 Å². The summed E-state index contributed by atoms with van der Waals surface area (Å²) in [5, 5.41) is 0. The molecule has 0 aliphatic heterocycles. The summed E-state index contributed by atoms with van der Waals surface area (Å²) < 4.78 is 0. The highest BCUT2D eigenvalue weighted by molar-refractivity contribution is 5.85. The summed E-state index contributed by atoms with van der Waals surface area (Å²) in [6.07, 6.45) is 1.13. The summed E-state index contributed by atoms with van der Waals surface area (Å²) in [7, 11) is 4.18. The highest BCUT2D eigenvalue weighted by Gasteiger charge is 1.94. The van der Waals surface area contributed by atoms with Gasteiger partial charge in [-0.25, -0.2) is 0 Å². The summed E-state index contributed by atoms with van der Waals surface area (Å²) >= 11 is 0. The first kappa shape index (κ1) is 12.5. The molecule has 0 aliphatic carbocycles. The number of hydrogen-bond acceptors (Lipinski definition) is 1. The van der Waals surface area contributed by atoms with Crippen molar-refractivity contribution in [3.05, 3.63) is 35.4 Å². The molecule has 1 aromatic carbocycles. The molecule has 13 heavy (non-hydrogen) atoms. The van der Waals surface area contributed by atoms with E-state index in [9.17, 15) is 0 Å². The van der Waals surface area contributed by atoms with Crippen LogP contribution in [0.25, 0.3) is 0 Å². The predicted molar refractivity (Wildman–Crippen MR) is 60.5 cm³/mol. The van der Waals surface area contributed by atoms with Gasteiger partial charge in [0.15, 0.2) is 0 Å². The molecule has 0 aromatic heterocycles. The van der Waals surface area contributed by atoms with Crippen molar-refractivity contribution in [2.24, 2.45) is 0 Å². The SMILES string of the molecule is CCc1ccc(CN(C)C)cc1.Cl. The van der Waals surface area contributed by atoms with Crippen LogP contribution in [0, 0.1) is 0 Å². The van der Waals surface area contributed by atoms with E-state index in [0.29, 0.717) is 0 Å². The lowest BCUT2D eigenvalue weighted by Gasteiger charge is -2.09. The zero-order valence-electron chi connectivity index (χ0n) is 8.58. The van der Waals surface area contributed by atoms with Crippen LogP contribution >= 0.6 is 12.4 Å². The van der Waals surface area contributed by atoms with Crippen molar-refractivity contribution < 1.29 is 0 Å². The Kier molecular flexibility index (Phi) is 5.76. The first-order chi connectivity index (χ1) is 5.72. The Hall–Kier alpha value is -0.530. The second-order valence-corrected chi connectivity index (χ2v) is 3.41. The number of halogens is 1. The van der Waals surface area contributed by atoms with E-state index in [0.717, 1.165) is 13.0 Å². The molecule has 0 fully saturated rings. The number of nitrogens with zero attached hydrogens (tertiary/aromatic N) is 1. The van der Waals surface area contributed by atoms with Gasteiger partial charge in [-0.05, 0) is 31.6 Å². The van der Waals surface area contributed by atoms with Crippen LogP contribution < -0.4 is 0 Å². The Morgan fingerprint density at radius 3 is 1.85 bits per heavy atom. The smallest absolute Gasteiger partial charge is 0.0227 e. The summed E-state index contributed by atoms with van der Waals surface area (Å²) in [6.45, 7) is 3.21. The summed E-state index contributed by atoms with van der Waals surface area (Å²) in [4.78, 5) is 2.18. The van der Waals surface area contributed by atoms with Crippen LogP contribution in [0.15, 0.2) is 24.3 Å². The van der Waals surface area contributed by atoms with E-state index in [1.807, 2.05) is 0 Å². The highest BCUT2D eigenvalue weighted by Crippen LogP contribution is 2.06. The molecule has 0 bridgehead atoms. The van der Waals surface area contributed by atoms with Gasteiger partial charge in [-0.2, -0.15) is 0 Å². The van der Waals surface area contributed by atoms with Gasteiger partial charge in [-0.3, -0.25) is 0 Å². The van der Waals surface area contributed by atoms with Gasteiger partial charge in [-0.15, -0.1) is 12.4 Å². The minimum atomic E-state index is 0. The first-order valence-electron chi connectivity index (χ1n) is 4.45. The number of rotatable bonds is 3. The molecule has 0 radical (unpaired) electrons. The lowest BCUT2D eigenvalue weighted by atomic mass is 10.1. The molecule has 1 aromatic rings. The Bertz CT molecular complexity index is 228. The normalized spacial score (nSPS) is 9.85. The molecule has 74 valence electrons. The predicted octanol–water partition coefficient (Wildman–Crippen LogP) is 2.73. The Morgan fingerprint density at radius 2 is 1.46 bits per heavy atom. The minimum absolute atomic E-state index is 0. The fourth-order valence-corrected chi connectivity index (χ4v) is 1.25. The van der Waals surface area contributed by atoms with Crippen LogP contribution in [0.2, 0.25) is 0 Å². The molecule has 2 heteroatoms. The number of hydrogen-bond donors (Lipinski definition) is 0. The van der Waals surface area contributed by atoms with E-state index in [-0.39, 0.29) is 12.4 Å². The molecule has 1 nitrogen and oxygen atoms in total. The van der Waals surface area contributed by atoms with Gasteiger partial charge in [0.1, 0.15) is 0 Å². The number of benzene rings is 1. The molecular formula is C11H18ClN. The molecule has 0 amide bonds. The Balaban J connectivity index is 0.00000144. The van der Waals surface area contributed by atoms with E-state index in [1.54, 1.807) is 0 Å². The molecule has 0 N–H and O–H groups in total. The second-order valence-electron chi connectivity index (χ2n) is 3.41. The highest BCUT2D eigenvalue weighted by atomic mass is 35.5. The molecule has 0 aliphatic rings. The van der Waals surface area contributed by atoms with E-state index in [2.05, 4.69) is 50.2 Å². The first-order valence-corrected chi connectivity index (χ1v) is 4.45. The fraction of sp³-hybridized carbons (Fsp3) is 0.455. The van der Waals surface area contributed by atoms with Gasteiger partial charge in [0.2, 0.25) is 0 Å². The second kappa shape index (κ2) is 6.01. The zero-order chi connectivity index (χ0) is 8.97. The van der Waals surface area contributed by atoms with Crippen molar-refractivity contribution in [2.75, 3.05) is 14.1 Å². The Labute approximate surface area is 87.2 Å². The summed E-state index contributed by atoms with van der Waals surface area (Å²) in [6, 6.07) is 8.83. The van der Waals surface area contributed by atoms with Gasteiger partial charge >= 0.3 is 0 Å². The quantitative estimate of drug-likeness (QED) is 0.724. The molecule has 1 rings (SSSR count). The van der Waals surface area contributed by atoms with Crippen molar-refractivity contribution in [3.63, 3.8) is 0 Å². The van der Waals surface area contributed by atoms with Crippen molar-refractivity contribution in [1.82, 2.24) is 4.90 Å². The summed E-state index contributed by atoms with van der Waals surface area (Å²) in [5.41, 5.74) is 2.80. The van der Waals surface area contributed by atoms with E-state index >= 15 is 0 Å². The number of aryl methyl sites for hydroxylation is 1. The molecule has 0 atom stereocenters. The van der Waals surface area contributed by atoms with Gasteiger partial charge in [-0.1, -0.05) is 31.2 Å². The monoisotopic (exact) mass is 199 g/mol. The van der Waals surface area contributed by atoms with Crippen LogP contribution in [0.5, 0.6) is 0 Å². The topological polar surface area (TPSA) is 3.24 Å². The van der Waals surface area contributed by atoms with Gasteiger partial charge in [0, 0.05) is 6.54 Å². The average molecular weight is 200 g/mol. The lowest BCUT2D eigenvalue weighted by Crippen LogP contribution is -2.10. The molecular weight excluding hydrogens is 182 g/mol. The van der Waals surface area contributed by atoms with Crippen LogP contribution in [-0.2, 0) is 13.0 Å². The van der Waals surface area contributed by atoms with Gasteiger partial charge < -0.3 is 4.90 Å². The molecule has 0 heterocycles. The largest absolute Gasteiger partial charge is 0.305 e. The minimum Gasteiger partial charge on any atom is -0.305 e. The molecule has 0 spiro atoms. The maximum Gasteiger partial charge on any atom is 0.0227 e.